The molecule has 0 spiro atoms. The smallest absolute Gasteiger partial charge is 0.250 e. The number of allylic oxidation sites excluding steroid dienone is 3. The van der Waals surface area contributed by atoms with Crippen molar-refractivity contribution in [3.63, 3.8) is 0 Å². The summed E-state index contributed by atoms with van der Waals surface area (Å²) in [6.45, 7) is 1.87. The van der Waals surface area contributed by atoms with Gasteiger partial charge in [-0.2, -0.15) is 4.98 Å². The lowest BCUT2D eigenvalue weighted by atomic mass is 10.2. The van der Waals surface area contributed by atoms with E-state index in [-0.39, 0.29) is 11.9 Å². The van der Waals surface area contributed by atoms with Crippen LogP contribution in [0.15, 0.2) is 42.5 Å². The van der Waals surface area contributed by atoms with Crippen LogP contribution in [0.4, 0.5) is 5.95 Å². The number of benzene rings is 1. The Morgan fingerprint density at radius 2 is 2.09 bits per heavy atom. The van der Waals surface area contributed by atoms with Crippen molar-refractivity contribution in [1.29, 1.82) is 0 Å². The van der Waals surface area contributed by atoms with Gasteiger partial charge in [0.1, 0.15) is 11.5 Å². The van der Waals surface area contributed by atoms with E-state index in [4.69, 9.17) is 9.47 Å². The number of aromatic nitrogens is 3. The molecule has 0 atom stereocenters. The number of anilines is 1. The van der Waals surface area contributed by atoms with Gasteiger partial charge >= 0.3 is 0 Å². The Labute approximate surface area is 134 Å². The maximum absolute atomic E-state index is 11.7. The molecule has 2 rings (SSSR count). The SMILES string of the molecule is C/C=C/C=C/C(=O)Nc1n[nH]c(-c2ccc(OC)cc2OC)n1. The summed E-state index contributed by atoms with van der Waals surface area (Å²) >= 11 is 0. The third-order valence-corrected chi connectivity index (χ3v) is 2.94. The van der Waals surface area contributed by atoms with Crippen molar-refractivity contribution in [2.24, 2.45) is 0 Å². The average Bonchev–Trinajstić information content (AvgIpc) is 3.02. The molecule has 0 fully saturated rings. The van der Waals surface area contributed by atoms with E-state index in [0.717, 1.165) is 0 Å². The highest BCUT2D eigenvalue weighted by atomic mass is 16.5. The first kappa shape index (κ1) is 16.3. The zero-order chi connectivity index (χ0) is 16.7. The molecule has 2 aromatic rings. The van der Waals surface area contributed by atoms with Gasteiger partial charge < -0.3 is 9.47 Å². The van der Waals surface area contributed by atoms with Crippen molar-refractivity contribution in [2.75, 3.05) is 19.5 Å². The van der Waals surface area contributed by atoms with E-state index >= 15 is 0 Å². The van der Waals surface area contributed by atoms with Crippen LogP contribution in [0, 0.1) is 0 Å². The topological polar surface area (TPSA) is 89.1 Å². The van der Waals surface area contributed by atoms with Crippen molar-refractivity contribution in [2.45, 2.75) is 6.92 Å². The minimum absolute atomic E-state index is 0.188. The molecule has 1 amide bonds. The molecule has 0 aliphatic carbocycles. The molecule has 120 valence electrons. The first-order valence-corrected chi connectivity index (χ1v) is 6.93. The third-order valence-electron chi connectivity index (χ3n) is 2.94. The molecule has 0 saturated carbocycles. The van der Waals surface area contributed by atoms with Crippen LogP contribution in [-0.2, 0) is 4.79 Å². The fraction of sp³-hybridized carbons (Fsp3) is 0.188. The van der Waals surface area contributed by atoms with Crippen LogP contribution in [0.2, 0.25) is 0 Å². The normalized spacial score (nSPS) is 11.1. The molecular weight excluding hydrogens is 296 g/mol. The standard InChI is InChI=1S/C16H18N4O3/c1-4-5-6-7-14(21)17-16-18-15(19-20-16)12-9-8-11(22-2)10-13(12)23-3/h4-10H,1-3H3,(H2,17,18,19,20,21)/b5-4+,7-6+. The number of hydrogen-bond acceptors (Lipinski definition) is 5. The summed E-state index contributed by atoms with van der Waals surface area (Å²) in [7, 11) is 3.14. The van der Waals surface area contributed by atoms with E-state index in [0.29, 0.717) is 22.9 Å². The van der Waals surface area contributed by atoms with Gasteiger partial charge in [-0.15, -0.1) is 5.10 Å². The number of amides is 1. The summed E-state index contributed by atoms with van der Waals surface area (Å²) in [4.78, 5) is 15.9. The number of rotatable bonds is 6. The molecule has 1 heterocycles. The molecule has 0 unspecified atom stereocenters. The number of hydrogen-bond donors (Lipinski definition) is 2. The molecule has 0 saturated heterocycles. The second-order valence-electron chi connectivity index (χ2n) is 4.45. The van der Waals surface area contributed by atoms with Crippen LogP contribution in [0.3, 0.4) is 0 Å². The van der Waals surface area contributed by atoms with E-state index < -0.39 is 0 Å². The number of carbonyl (C=O) groups is 1. The number of methoxy groups -OCH3 is 2. The zero-order valence-corrected chi connectivity index (χ0v) is 13.2. The molecule has 23 heavy (non-hydrogen) atoms. The van der Waals surface area contributed by atoms with E-state index in [2.05, 4.69) is 20.5 Å². The number of nitrogens with one attached hydrogen (secondary N) is 2. The minimum Gasteiger partial charge on any atom is -0.497 e. The monoisotopic (exact) mass is 314 g/mol. The average molecular weight is 314 g/mol. The fourth-order valence-electron chi connectivity index (χ4n) is 1.84. The minimum atomic E-state index is -0.310. The van der Waals surface area contributed by atoms with Gasteiger partial charge in [0.2, 0.25) is 5.95 Å². The Morgan fingerprint density at radius 1 is 1.26 bits per heavy atom. The van der Waals surface area contributed by atoms with Gasteiger partial charge in [-0.3, -0.25) is 15.2 Å². The van der Waals surface area contributed by atoms with Crippen LogP contribution < -0.4 is 14.8 Å². The molecule has 1 aromatic heterocycles. The molecule has 7 heteroatoms. The summed E-state index contributed by atoms with van der Waals surface area (Å²) in [6.07, 6.45) is 6.61. The Balaban J connectivity index is 2.17. The molecule has 0 aliphatic rings. The van der Waals surface area contributed by atoms with Crippen molar-refractivity contribution in [3.8, 4) is 22.9 Å². The van der Waals surface area contributed by atoms with Gasteiger partial charge in [0.25, 0.3) is 5.91 Å². The van der Waals surface area contributed by atoms with Crippen molar-refractivity contribution >= 4 is 11.9 Å². The molecule has 0 bridgehead atoms. The summed E-state index contributed by atoms with van der Waals surface area (Å²) in [5.74, 6) is 1.62. The van der Waals surface area contributed by atoms with Crippen LogP contribution in [0.5, 0.6) is 11.5 Å². The summed E-state index contributed by atoms with van der Waals surface area (Å²) in [5, 5.41) is 9.32. The number of aromatic amines is 1. The van der Waals surface area contributed by atoms with Gasteiger partial charge in [0.15, 0.2) is 5.82 Å². The summed E-state index contributed by atoms with van der Waals surface area (Å²) in [5.41, 5.74) is 0.714. The van der Waals surface area contributed by atoms with E-state index in [1.165, 1.54) is 6.08 Å². The Morgan fingerprint density at radius 3 is 2.78 bits per heavy atom. The maximum Gasteiger partial charge on any atom is 0.250 e. The Hall–Kier alpha value is -3.09. The zero-order valence-electron chi connectivity index (χ0n) is 13.2. The predicted octanol–water partition coefficient (Wildman–Crippen LogP) is 2.56. The van der Waals surface area contributed by atoms with Crippen LogP contribution in [0.25, 0.3) is 11.4 Å². The lowest BCUT2D eigenvalue weighted by Crippen LogP contribution is -2.08. The lowest BCUT2D eigenvalue weighted by molar-refractivity contribution is -0.111. The summed E-state index contributed by atoms with van der Waals surface area (Å²) in [6, 6.07) is 5.34. The van der Waals surface area contributed by atoms with Crippen LogP contribution in [0.1, 0.15) is 6.92 Å². The first-order chi connectivity index (χ1) is 11.2. The molecule has 0 radical (unpaired) electrons. The number of carbonyl (C=O) groups excluding carboxylic acids is 1. The second-order valence-corrected chi connectivity index (χ2v) is 4.45. The van der Waals surface area contributed by atoms with Crippen LogP contribution >= 0.6 is 0 Å². The molecule has 0 aliphatic heterocycles. The van der Waals surface area contributed by atoms with E-state index in [1.807, 2.05) is 13.0 Å². The second kappa shape index (κ2) is 7.79. The predicted molar refractivity (Wildman–Crippen MR) is 87.5 cm³/mol. The van der Waals surface area contributed by atoms with Gasteiger partial charge in [0.05, 0.1) is 19.8 Å². The van der Waals surface area contributed by atoms with Crippen LogP contribution in [-0.4, -0.2) is 35.3 Å². The largest absolute Gasteiger partial charge is 0.497 e. The van der Waals surface area contributed by atoms with Gasteiger partial charge in [-0.25, -0.2) is 0 Å². The molecule has 7 nitrogen and oxygen atoms in total. The maximum atomic E-state index is 11.7. The quantitative estimate of drug-likeness (QED) is 0.632. The van der Waals surface area contributed by atoms with Gasteiger partial charge in [-0.05, 0) is 19.1 Å². The fourth-order valence-corrected chi connectivity index (χ4v) is 1.84. The van der Waals surface area contributed by atoms with Crippen molar-refractivity contribution in [1.82, 2.24) is 15.2 Å². The number of nitrogens with zero attached hydrogens (tertiary/aromatic N) is 2. The Kier molecular flexibility index (Phi) is 5.51. The molecule has 1 aromatic carbocycles. The van der Waals surface area contributed by atoms with Crippen molar-refractivity contribution in [3.05, 3.63) is 42.5 Å². The first-order valence-electron chi connectivity index (χ1n) is 6.93. The highest BCUT2D eigenvalue weighted by molar-refractivity contribution is 5.98. The van der Waals surface area contributed by atoms with E-state index in [9.17, 15) is 4.79 Å². The number of ether oxygens (including phenoxy) is 2. The third kappa shape index (κ3) is 4.19. The summed E-state index contributed by atoms with van der Waals surface area (Å²) < 4.78 is 10.5. The van der Waals surface area contributed by atoms with Gasteiger partial charge in [-0.1, -0.05) is 18.2 Å². The highest BCUT2D eigenvalue weighted by Crippen LogP contribution is 2.31. The van der Waals surface area contributed by atoms with Gasteiger partial charge in [0, 0.05) is 12.1 Å². The Bertz CT molecular complexity index is 735. The van der Waals surface area contributed by atoms with Crippen molar-refractivity contribution < 1.29 is 14.3 Å². The molecule has 2 N–H and O–H groups in total. The highest BCUT2D eigenvalue weighted by Gasteiger charge is 2.12. The number of H-pyrrole nitrogens is 1. The molecular formula is C16H18N4O3. The van der Waals surface area contributed by atoms with E-state index in [1.54, 1.807) is 44.6 Å². The lowest BCUT2D eigenvalue weighted by Gasteiger charge is -2.07.